The van der Waals surface area contributed by atoms with Crippen LogP contribution < -0.4 is 5.32 Å². The second-order valence-electron chi connectivity index (χ2n) is 7.48. The molecule has 0 radical (unpaired) electrons. The van der Waals surface area contributed by atoms with E-state index >= 15 is 0 Å². The number of benzene rings is 3. The topological polar surface area (TPSA) is 58.0 Å². The molecule has 2 aromatic heterocycles. The highest BCUT2D eigenvalue weighted by Gasteiger charge is 2.21. The van der Waals surface area contributed by atoms with Crippen LogP contribution in [-0.4, -0.2) is 15.1 Å². The number of rotatable bonds is 4. The number of pyridine rings is 2. The molecular weight excluding hydrogens is 370 g/mol. The molecule has 146 valence electrons. The van der Waals surface area contributed by atoms with Crippen molar-refractivity contribution < 1.29 is 5.11 Å². The highest BCUT2D eigenvalue weighted by Crippen LogP contribution is 2.37. The number of aromatic nitrogens is 2. The predicted octanol–water partition coefficient (Wildman–Crippen LogP) is 6.00. The van der Waals surface area contributed by atoms with Crippen molar-refractivity contribution in [2.24, 2.45) is 0 Å². The molecule has 0 amide bonds. The Kier molecular flexibility index (Phi) is 4.52. The fourth-order valence-corrected chi connectivity index (χ4v) is 3.87. The number of aromatic hydroxyl groups is 1. The molecule has 0 saturated heterocycles. The average Bonchev–Trinajstić information content (AvgIpc) is 2.78. The van der Waals surface area contributed by atoms with Crippen LogP contribution in [-0.2, 0) is 0 Å². The Bertz CT molecular complexity index is 1360. The molecule has 2 heterocycles. The molecule has 30 heavy (non-hydrogen) atoms. The first-order chi connectivity index (χ1) is 14.7. The molecule has 1 atom stereocenters. The highest BCUT2D eigenvalue weighted by molar-refractivity contribution is 5.87. The van der Waals surface area contributed by atoms with Crippen molar-refractivity contribution in [2.75, 3.05) is 5.32 Å². The third-order valence-electron chi connectivity index (χ3n) is 5.40. The van der Waals surface area contributed by atoms with Gasteiger partial charge in [-0.15, -0.1) is 0 Å². The van der Waals surface area contributed by atoms with Crippen molar-refractivity contribution in [3.8, 4) is 5.75 Å². The van der Waals surface area contributed by atoms with Gasteiger partial charge in [-0.3, -0.25) is 4.98 Å². The number of nitrogens with one attached hydrogen (secondary N) is 1. The van der Waals surface area contributed by atoms with E-state index in [0.717, 1.165) is 33.3 Å². The van der Waals surface area contributed by atoms with Crippen LogP contribution in [0.4, 0.5) is 5.82 Å². The van der Waals surface area contributed by atoms with Crippen molar-refractivity contribution in [1.82, 2.24) is 9.97 Å². The summed E-state index contributed by atoms with van der Waals surface area (Å²) in [6.07, 6.45) is 3.49. The minimum atomic E-state index is -0.282. The second-order valence-corrected chi connectivity index (χ2v) is 7.48. The lowest BCUT2D eigenvalue weighted by Gasteiger charge is -2.22. The number of hydrogen-bond donors (Lipinski definition) is 2. The third-order valence-corrected chi connectivity index (χ3v) is 5.40. The summed E-state index contributed by atoms with van der Waals surface area (Å²) in [5.74, 6) is 0.945. The molecule has 0 bridgehead atoms. The summed E-state index contributed by atoms with van der Waals surface area (Å²) in [5.41, 5.74) is 3.52. The van der Waals surface area contributed by atoms with E-state index in [1.807, 2.05) is 55.5 Å². The van der Waals surface area contributed by atoms with Gasteiger partial charge in [0.2, 0.25) is 0 Å². The lowest BCUT2D eigenvalue weighted by molar-refractivity contribution is 0.471. The lowest BCUT2D eigenvalue weighted by Crippen LogP contribution is -2.14. The fraction of sp³-hybridized carbons (Fsp3) is 0.0769. The molecule has 0 aliphatic heterocycles. The molecule has 5 aromatic rings. The Labute approximate surface area is 174 Å². The first kappa shape index (κ1) is 18.1. The smallest absolute Gasteiger partial charge is 0.147 e. The average molecular weight is 391 g/mol. The monoisotopic (exact) mass is 391 g/mol. The van der Waals surface area contributed by atoms with Crippen molar-refractivity contribution in [3.05, 3.63) is 108 Å². The third kappa shape index (κ3) is 3.33. The molecule has 3 aromatic carbocycles. The maximum Gasteiger partial charge on any atom is 0.147 e. The van der Waals surface area contributed by atoms with Crippen LogP contribution in [0.1, 0.15) is 22.7 Å². The van der Waals surface area contributed by atoms with Gasteiger partial charge in [0.1, 0.15) is 17.1 Å². The lowest BCUT2D eigenvalue weighted by atomic mass is 9.94. The molecule has 2 N–H and O–H groups in total. The molecule has 0 saturated carbocycles. The Morgan fingerprint density at radius 2 is 1.57 bits per heavy atom. The molecule has 0 aliphatic rings. The van der Waals surface area contributed by atoms with E-state index in [4.69, 9.17) is 0 Å². The van der Waals surface area contributed by atoms with Crippen LogP contribution in [0.2, 0.25) is 0 Å². The van der Waals surface area contributed by atoms with E-state index in [9.17, 15) is 5.11 Å². The number of fused-ring (bicyclic) bond motifs is 2. The maximum absolute atomic E-state index is 11.1. The van der Waals surface area contributed by atoms with Crippen molar-refractivity contribution >= 4 is 27.5 Å². The Morgan fingerprint density at radius 3 is 2.43 bits per heavy atom. The Morgan fingerprint density at radius 1 is 0.767 bits per heavy atom. The van der Waals surface area contributed by atoms with E-state index in [1.165, 1.54) is 5.39 Å². The Balaban J connectivity index is 1.68. The van der Waals surface area contributed by atoms with Crippen LogP contribution in [0.15, 0.2) is 91.3 Å². The molecule has 0 aliphatic carbocycles. The van der Waals surface area contributed by atoms with Crippen LogP contribution >= 0.6 is 0 Å². The molecule has 0 fully saturated rings. The zero-order valence-corrected chi connectivity index (χ0v) is 16.6. The summed E-state index contributed by atoms with van der Waals surface area (Å²) in [4.78, 5) is 8.87. The summed E-state index contributed by atoms with van der Waals surface area (Å²) in [5, 5.41) is 17.9. The molecule has 4 nitrogen and oxygen atoms in total. The van der Waals surface area contributed by atoms with Gasteiger partial charge in [-0.05, 0) is 53.1 Å². The van der Waals surface area contributed by atoms with Gasteiger partial charge in [0, 0.05) is 23.3 Å². The van der Waals surface area contributed by atoms with Crippen LogP contribution in [0, 0.1) is 6.92 Å². The number of phenolic OH excluding ortho intramolecular Hbond substituents is 1. The number of anilines is 1. The van der Waals surface area contributed by atoms with E-state index in [-0.39, 0.29) is 11.8 Å². The number of phenols is 1. The van der Waals surface area contributed by atoms with E-state index in [2.05, 4.69) is 45.6 Å². The summed E-state index contributed by atoms with van der Waals surface area (Å²) >= 11 is 0. The van der Waals surface area contributed by atoms with E-state index in [1.54, 1.807) is 12.4 Å². The summed E-state index contributed by atoms with van der Waals surface area (Å²) < 4.78 is 0. The summed E-state index contributed by atoms with van der Waals surface area (Å²) in [7, 11) is 0. The second kappa shape index (κ2) is 7.48. The predicted molar refractivity (Wildman–Crippen MR) is 122 cm³/mol. The van der Waals surface area contributed by atoms with Crippen LogP contribution in [0.5, 0.6) is 5.75 Å². The van der Waals surface area contributed by atoms with Gasteiger partial charge in [-0.25, -0.2) is 4.98 Å². The zero-order valence-electron chi connectivity index (χ0n) is 16.6. The van der Waals surface area contributed by atoms with E-state index in [0.29, 0.717) is 5.52 Å². The largest absolute Gasteiger partial charge is 0.505 e. The quantitative estimate of drug-likeness (QED) is 0.395. The molecule has 0 unspecified atom stereocenters. The van der Waals surface area contributed by atoms with Gasteiger partial charge in [0.15, 0.2) is 0 Å². The zero-order chi connectivity index (χ0) is 20.5. The fourth-order valence-electron chi connectivity index (χ4n) is 3.87. The maximum atomic E-state index is 11.1. The van der Waals surface area contributed by atoms with Crippen molar-refractivity contribution in [1.29, 1.82) is 0 Å². The molecule has 5 rings (SSSR count). The molecular formula is C26H21N3O. The highest BCUT2D eigenvalue weighted by atomic mass is 16.3. The van der Waals surface area contributed by atoms with Gasteiger partial charge in [0.25, 0.3) is 0 Å². The van der Waals surface area contributed by atoms with Crippen molar-refractivity contribution in [3.63, 3.8) is 0 Å². The Hall–Kier alpha value is -3.92. The first-order valence-corrected chi connectivity index (χ1v) is 9.93. The number of aryl methyl sites for hydroxylation is 1. The number of nitrogens with zero attached hydrogens (tertiary/aromatic N) is 2. The normalized spacial score (nSPS) is 12.2. The SMILES string of the molecule is Cc1ccnc(N[C@@H](c2ccc3ccccc3c2)c2ccc3cccnc3c2O)c1. The molecule has 4 heteroatoms. The van der Waals surface area contributed by atoms with Gasteiger partial charge in [-0.1, -0.05) is 54.6 Å². The summed E-state index contributed by atoms with van der Waals surface area (Å²) in [6.45, 7) is 2.04. The van der Waals surface area contributed by atoms with Gasteiger partial charge in [-0.2, -0.15) is 0 Å². The molecule has 0 spiro atoms. The summed E-state index contributed by atoms with van der Waals surface area (Å²) in [6, 6.07) is 26.1. The van der Waals surface area contributed by atoms with Gasteiger partial charge < -0.3 is 10.4 Å². The van der Waals surface area contributed by atoms with Crippen molar-refractivity contribution in [2.45, 2.75) is 13.0 Å². The van der Waals surface area contributed by atoms with Gasteiger partial charge >= 0.3 is 0 Å². The minimum Gasteiger partial charge on any atom is -0.505 e. The van der Waals surface area contributed by atoms with Gasteiger partial charge in [0.05, 0.1) is 6.04 Å². The standard InChI is InChI=1S/C26H21N3O/c1-17-12-14-27-23(15-17)29-24(21-9-8-18-5-2-3-6-20(18)16-21)22-11-10-19-7-4-13-28-25(19)26(22)30/h2-16,24,30H,1H3,(H,27,29)/t24-/m0/s1. The first-order valence-electron chi connectivity index (χ1n) is 9.93. The minimum absolute atomic E-state index is 0.186. The van der Waals surface area contributed by atoms with Crippen LogP contribution in [0.3, 0.4) is 0 Å². The number of hydrogen-bond acceptors (Lipinski definition) is 4. The van der Waals surface area contributed by atoms with Crippen LogP contribution in [0.25, 0.3) is 21.7 Å². The van der Waals surface area contributed by atoms with E-state index < -0.39 is 0 Å².